The van der Waals surface area contributed by atoms with Crippen LogP contribution in [0.1, 0.15) is 54.0 Å². The molecule has 1 unspecified atom stereocenters. The Bertz CT molecular complexity index is 903. The first kappa shape index (κ1) is 24.2. The van der Waals surface area contributed by atoms with Gasteiger partial charge >= 0.3 is 0 Å². The van der Waals surface area contributed by atoms with Crippen LogP contribution in [0.3, 0.4) is 0 Å². The Balaban J connectivity index is 2.04. The monoisotopic (exact) mass is 433 g/mol. The van der Waals surface area contributed by atoms with Crippen LogP contribution in [0.5, 0.6) is 5.75 Å². The van der Waals surface area contributed by atoms with Gasteiger partial charge in [-0.3, -0.25) is 14.6 Å². The van der Waals surface area contributed by atoms with E-state index in [1.54, 1.807) is 36.5 Å². The zero-order valence-electron chi connectivity index (χ0n) is 18.2. The highest BCUT2D eigenvalue weighted by atomic mass is 19.3. The number of nitrogens with zero attached hydrogens (tertiary/aromatic N) is 1. The molecule has 0 aliphatic heterocycles. The molecule has 0 saturated heterocycles. The normalized spacial score (nSPS) is 12.0. The fourth-order valence-electron chi connectivity index (χ4n) is 3.09. The quantitative estimate of drug-likeness (QED) is 0.597. The summed E-state index contributed by atoms with van der Waals surface area (Å²) >= 11 is 0. The van der Waals surface area contributed by atoms with Crippen molar-refractivity contribution < 1.29 is 23.1 Å². The molecule has 6 nitrogen and oxygen atoms in total. The third kappa shape index (κ3) is 7.31. The number of halogens is 2. The molecule has 0 spiro atoms. The molecule has 168 valence electrons. The summed E-state index contributed by atoms with van der Waals surface area (Å²) in [5.41, 5.74) is 2.72. The minimum absolute atomic E-state index is 0.0491. The molecule has 2 rings (SSSR count). The lowest BCUT2D eigenvalue weighted by Gasteiger charge is -2.18. The lowest BCUT2D eigenvalue weighted by molar-refractivity contribution is -0.123. The Kier molecular flexibility index (Phi) is 8.90. The fraction of sp³-hybridized carbons (Fsp3) is 0.435. The van der Waals surface area contributed by atoms with Crippen molar-refractivity contribution >= 4 is 11.8 Å². The Hall–Kier alpha value is -3.03. The van der Waals surface area contributed by atoms with Gasteiger partial charge in [-0.25, -0.2) is 8.78 Å². The maximum atomic E-state index is 12.9. The number of amides is 2. The van der Waals surface area contributed by atoms with Gasteiger partial charge in [-0.05, 0) is 49.2 Å². The Morgan fingerprint density at radius 1 is 1.16 bits per heavy atom. The summed E-state index contributed by atoms with van der Waals surface area (Å²) in [6.45, 7) is 7.04. The molecule has 0 radical (unpaired) electrons. The summed E-state index contributed by atoms with van der Waals surface area (Å²) in [6, 6.07) is 8.12. The van der Waals surface area contributed by atoms with Crippen molar-refractivity contribution in [1.82, 2.24) is 15.6 Å². The molecule has 0 fully saturated rings. The lowest BCUT2D eigenvalue weighted by Crippen LogP contribution is -2.31. The maximum Gasteiger partial charge on any atom is 0.272 e. The van der Waals surface area contributed by atoms with Crippen LogP contribution >= 0.6 is 0 Å². The van der Waals surface area contributed by atoms with Gasteiger partial charge in [-0.2, -0.15) is 0 Å². The van der Waals surface area contributed by atoms with E-state index in [4.69, 9.17) is 4.74 Å². The van der Waals surface area contributed by atoms with Crippen molar-refractivity contribution in [3.63, 3.8) is 0 Å². The SMILES string of the molecule is Cc1cc(OCC(F)F)ccc1C(C)NC(=O)c1cccnc1CCNC(=O)C(C)C. The average molecular weight is 433 g/mol. The van der Waals surface area contributed by atoms with Gasteiger partial charge in [0, 0.05) is 25.1 Å². The van der Waals surface area contributed by atoms with E-state index >= 15 is 0 Å². The number of rotatable bonds is 10. The molecule has 1 aromatic carbocycles. The maximum absolute atomic E-state index is 12.9. The van der Waals surface area contributed by atoms with E-state index in [-0.39, 0.29) is 23.8 Å². The number of ether oxygens (including phenoxy) is 1. The number of aromatic nitrogens is 1. The molecule has 0 bridgehead atoms. The number of pyridine rings is 1. The summed E-state index contributed by atoms with van der Waals surface area (Å²) < 4.78 is 29.7. The first-order valence-corrected chi connectivity index (χ1v) is 10.2. The van der Waals surface area contributed by atoms with Crippen molar-refractivity contribution in [3.8, 4) is 5.75 Å². The number of hydrogen-bond donors (Lipinski definition) is 2. The van der Waals surface area contributed by atoms with Gasteiger partial charge in [-0.15, -0.1) is 0 Å². The molecule has 2 amide bonds. The predicted octanol–water partition coefficient (Wildman–Crippen LogP) is 3.84. The molecule has 1 heterocycles. The fourth-order valence-corrected chi connectivity index (χ4v) is 3.09. The number of benzene rings is 1. The van der Waals surface area contributed by atoms with Crippen LogP contribution < -0.4 is 15.4 Å². The second-order valence-electron chi connectivity index (χ2n) is 7.61. The van der Waals surface area contributed by atoms with Crippen molar-refractivity contribution in [2.45, 2.75) is 46.6 Å². The second kappa shape index (κ2) is 11.4. The van der Waals surface area contributed by atoms with Gasteiger partial charge in [0.25, 0.3) is 12.3 Å². The Morgan fingerprint density at radius 3 is 2.55 bits per heavy atom. The smallest absolute Gasteiger partial charge is 0.272 e. The van der Waals surface area contributed by atoms with Gasteiger partial charge < -0.3 is 15.4 Å². The molecule has 8 heteroatoms. The van der Waals surface area contributed by atoms with Crippen LogP contribution in [0.4, 0.5) is 8.78 Å². The first-order valence-electron chi connectivity index (χ1n) is 10.2. The van der Waals surface area contributed by atoms with Crippen molar-refractivity contribution in [2.24, 2.45) is 5.92 Å². The highest BCUT2D eigenvalue weighted by Crippen LogP contribution is 2.23. The van der Waals surface area contributed by atoms with E-state index in [2.05, 4.69) is 15.6 Å². The van der Waals surface area contributed by atoms with Crippen molar-refractivity contribution in [1.29, 1.82) is 0 Å². The van der Waals surface area contributed by atoms with E-state index in [9.17, 15) is 18.4 Å². The minimum Gasteiger partial charge on any atom is -0.488 e. The Morgan fingerprint density at radius 2 is 1.90 bits per heavy atom. The molecule has 2 aromatic rings. The van der Waals surface area contributed by atoms with Gasteiger partial charge in [0.2, 0.25) is 5.91 Å². The van der Waals surface area contributed by atoms with Crippen LogP contribution in [-0.4, -0.2) is 36.4 Å². The lowest BCUT2D eigenvalue weighted by atomic mass is 10.0. The van der Waals surface area contributed by atoms with Gasteiger partial charge in [0.15, 0.2) is 0 Å². The number of carbonyl (C=O) groups excluding carboxylic acids is 2. The minimum atomic E-state index is -2.54. The van der Waals surface area contributed by atoms with E-state index in [0.29, 0.717) is 30.0 Å². The van der Waals surface area contributed by atoms with Crippen molar-refractivity contribution in [3.05, 3.63) is 58.9 Å². The number of nitrogens with one attached hydrogen (secondary N) is 2. The Labute approximate surface area is 181 Å². The van der Waals surface area contributed by atoms with Crippen LogP contribution in [-0.2, 0) is 11.2 Å². The molecule has 0 aliphatic rings. The van der Waals surface area contributed by atoms with Gasteiger partial charge in [0.05, 0.1) is 17.3 Å². The number of alkyl halides is 2. The van der Waals surface area contributed by atoms with Crippen LogP contribution in [0.2, 0.25) is 0 Å². The molecule has 1 aromatic heterocycles. The molecular formula is C23H29F2N3O3. The second-order valence-corrected chi connectivity index (χ2v) is 7.61. The zero-order valence-corrected chi connectivity index (χ0v) is 18.2. The predicted molar refractivity (Wildman–Crippen MR) is 114 cm³/mol. The van der Waals surface area contributed by atoms with Gasteiger partial charge in [-0.1, -0.05) is 19.9 Å². The summed E-state index contributed by atoms with van der Waals surface area (Å²) in [5, 5.41) is 5.78. The number of aryl methyl sites for hydroxylation is 1. The standard InChI is InChI=1S/C23H29F2N3O3/c1-14(2)22(29)27-11-9-20-19(6-5-10-26-20)23(30)28-16(4)18-8-7-17(12-15(18)3)31-13-21(24)25/h5-8,10,12,14,16,21H,9,11,13H2,1-4H3,(H,27,29)(H,28,30). The van der Waals surface area contributed by atoms with E-state index in [0.717, 1.165) is 11.1 Å². The molecule has 0 saturated carbocycles. The van der Waals surface area contributed by atoms with Crippen LogP contribution in [0, 0.1) is 12.8 Å². The average Bonchev–Trinajstić information content (AvgIpc) is 2.72. The topological polar surface area (TPSA) is 80.3 Å². The highest BCUT2D eigenvalue weighted by molar-refractivity contribution is 5.95. The number of carbonyl (C=O) groups is 2. The molecule has 2 N–H and O–H groups in total. The van der Waals surface area contributed by atoms with Crippen LogP contribution in [0.25, 0.3) is 0 Å². The molecule has 1 atom stereocenters. The van der Waals surface area contributed by atoms with Crippen molar-refractivity contribution in [2.75, 3.05) is 13.2 Å². The third-order valence-electron chi connectivity index (χ3n) is 4.75. The highest BCUT2D eigenvalue weighted by Gasteiger charge is 2.17. The van der Waals surface area contributed by atoms with Crippen LogP contribution in [0.15, 0.2) is 36.5 Å². The summed E-state index contributed by atoms with van der Waals surface area (Å²) in [4.78, 5) is 28.9. The molecule has 0 aliphatic carbocycles. The molecule has 31 heavy (non-hydrogen) atoms. The summed E-state index contributed by atoms with van der Waals surface area (Å²) in [7, 11) is 0. The third-order valence-corrected chi connectivity index (χ3v) is 4.75. The largest absolute Gasteiger partial charge is 0.488 e. The van der Waals surface area contributed by atoms with E-state index in [1.165, 1.54) is 0 Å². The molecular weight excluding hydrogens is 404 g/mol. The van der Waals surface area contributed by atoms with Gasteiger partial charge in [0.1, 0.15) is 12.4 Å². The van der Waals surface area contributed by atoms with E-state index in [1.807, 2.05) is 27.7 Å². The first-order chi connectivity index (χ1) is 14.7. The summed E-state index contributed by atoms with van der Waals surface area (Å²) in [5.74, 6) is -0.0731. The zero-order chi connectivity index (χ0) is 23.0. The number of hydrogen-bond acceptors (Lipinski definition) is 4. The van der Waals surface area contributed by atoms with E-state index < -0.39 is 13.0 Å². The summed E-state index contributed by atoms with van der Waals surface area (Å²) in [6.07, 6.45) is -0.487.